The van der Waals surface area contributed by atoms with Crippen LogP contribution in [0, 0.1) is 5.41 Å². The minimum Gasteiger partial charge on any atom is -0.327 e. The molecule has 0 aliphatic rings. The largest absolute Gasteiger partial charge is 0.327 e. The van der Waals surface area contributed by atoms with E-state index in [9.17, 15) is 0 Å². The molecule has 0 spiro atoms. The molecule has 2 N–H and O–H groups in total. The van der Waals surface area contributed by atoms with Crippen molar-refractivity contribution < 1.29 is 0 Å². The molecule has 0 heterocycles. The smallest absolute Gasteiger partial charge is 0.00643 e. The SMILES string of the molecule is CCCCCCCCC(C)(CCC)[C@@H](C)N. The van der Waals surface area contributed by atoms with Crippen molar-refractivity contribution >= 4 is 0 Å². The molecule has 1 unspecified atom stereocenters. The van der Waals surface area contributed by atoms with Crippen LogP contribution in [0.15, 0.2) is 0 Å². The second-order valence-electron chi connectivity index (χ2n) is 5.71. The molecule has 0 aromatic carbocycles. The molecule has 0 aromatic rings. The van der Waals surface area contributed by atoms with Crippen molar-refractivity contribution in [2.75, 3.05) is 0 Å². The van der Waals surface area contributed by atoms with Gasteiger partial charge in [0.25, 0.3) is 0 Å². The second-order valence-corrected chi connectivity index (χ2v) is 5.71. The van der Waals surface area contributed by atoms with E-state index in [0.29, 0.717) is 11.5 Å². The van der Waals surface area contributed by atoms with Gasteiger partial charge in [0.15, 0.2) is 0 Å². The molecule has 2 atom stereocenters. The quantitative estimate of drug-likeness (QED) is 0.528. The van der Waals surface area contributed by atoms with E-state index in [1.807, 2.05) is 0 Å². The first kappa shape index (κ1) is 16.0. The van der Waals surface area contributed by atoms with E-state index >= 15 is 0 Å². The summed E-state index contributed by atoms with van der Waals surface area (Å²) in [5.41, 5.74) is 6.49. The van der Waals surface area contributed by atoms with E-state index in [0.717, 1.165) is 0 Å². The minimum atomic E-state index is 0.336. The van der Waals surface area contributed by atoms with Crippen LogP contribution in [0.3, 0.4) is 0 Å². The van der Waals surface area contributed by atoms with Crippen molar-refractivity contribution in [3.05, 3.63) is 0 Å². The molecule has 1 nitrogen and oxygen atoms in total. The van der Waals surface area contributed by atoms with Gasteiger partial charge in [-0.15, -0.1) is 0 Å². The lowest BCUT2D eigenvalue weighted by Crippen LogP contribution is -2.36. The van der Waals surface area contributed by atoms with E-state index in [1.165, 1.54) is 57.8 Å². The first-order valence-electron chi connectivity index (χ1n) is 7.32. The van der Waals surface area contributed by atoms with Crippen LogP contribution in [0.2, 0.25) is 0 Å². The maximum atomic E-state index is 6.12. The molecule has 0 aliphatic heterocycles. The summed E-state index contributed by atoms with van der Waals surface area (Å²) >= 11 is 0. The topological polar surface area (TPSA) is 26.0 Å². The Kier molecular flexibility index (Phi) is 9.02. The summed E-state index contributed by atoms with van der Waals surface area (Å²) in [6, 6.07) is 0.336. The number of hydrogen-bond donors (Lipinski definition) is 1. The molecule has 0 rings (SSSR count). The first-order chi connectivity index (χ1) is 7.56. The second kappa shape index (κ2) is 9.04. The van der Waals surface area contributed by atoms with Gasteiger partial charge < -0.3 is 5.73 Å². The van der Waals surface area contributed by atoms with Gasteiger partial charge in [0.05, 0.1) is 0 Å². The summed E-state index contributed by atoms with van der Waals surface area (Å²) in [6.45, 7) is 9.08. The van der Waals surface area contributed by atoms with Gasteiger partial charge in [-0.2, -0.15) is 0 Å². The summed E-state index contributed by atoms with van der Waals surface area (Å²) in [5.74, 6) is 0. The van der Waals surface area contributed by atoms with Gasteiger partial charge in [-0.1, -0.05) is 65.7 Å². The number of nitrogens with two attached hydrogens (primary N) is 1. The molecule has 0 aliphatic carbocycles. The molecular formula is C15H33N. The average molecular weight is 227 g/mol. The van der Waals surface area contributed by atoms with Gasteiger partial charge in [-0.3, -0.25) is 0 Å². The standard InChI is InChI=1S/C15H33N/c1-5-7-8-9-10-11-13-15(4,12-6-2)14(3)16/h14H,5-13,16H2,1-4H3/t14-,15?/m1/s1. The number of rotatable bonds is 10. The van der Waals surface area contributed by atoms with E-state index < -0.39 is 0 Å². The molecule has 0 saturated carbocycles. The predicted octanol–water partition coefficient (Wildman–Crippen LogP) is 4.89. The minimum absolute atomic E-state index is 0.336. The third kappa shape index (κ3) is 6.52. The Hall–Kier alpha value is -0.0400. The Bertz CT molecular complexity index is 154. The van der Waals surface area contributed by atoms with Crippen LogP contribution in [0.4, 0.5) is 0 Å². The predicted molar refractivity (Wildman–Crippen MR) is 74.7 cm³/mol. The Morgan fingerprint density at radius 2 is 1.44 bits per heavy atom. The van der Waals surface area contributed by atoms with Gasteiger partial charge in [-0.25, -0.2) is 0 Å². The van der Waals surface area contributed by atoms with Crippen LogP contribution >= 0.6 is 0 Å². The molecule has 0 amide bonds. The van der Waals surface area contributed by atoms with Crippen LogP contribution in [0.5, 0.6) is 0 Å². The molecule has 0 saturated heterocycles. The Morgan fingerprint density at radius 3 is 1.94 bits per heavy atom. The third-order valence-electron chi connectivity index (χ3n) is 4.02. The zero-order chi connectivity index (χ0) is 12.4. The summed E-state index contributed by atoms with van der Waals surface area (Å²) in [6.07, 6.45) is 12.2. The molecule has 0 fully saturated rings. The lowest BCUT2D eigenvalue weighted by molar-refractivity contribution is 0.213. The van der Waals surface area contributed by atoms with Gasteiger partial charge in [0, 0.05) is 6.04 Å². The first-order valence-corrected chi connectivity index (χ1v) is 7.32. The Balaban J connectivity index is 3.68. The fraction of sp³-hybridized carbons (Fsp3) is 1.00. The van der Waals surface area contributed by atoms with Gasteiger partial charge >= 0.3 is 0 Å². The highest BCUT2D eigenvalue weighted by Crippen LogP contribution is 2.32. The lowest BCUT2D eigenvalue weighted by atomic mass is 9.75. The van der Waals surface area contributed by atoms with E-state index in [2.05, 4.69) is 27.7 Å². The summed E-state index contributed by atoms with van der Waals surface area (Å²) in [5, 5.41) is 0. The monoisotopic (exact) mass is 227 g/mol. The van der Waals surface area contributed by atoms with Crippen LogP contribution in [-0.2, 0) is 0 Å². The molecule has 0 radical (unpaired) electrons. The fourth-order valence-electron chi connectivity index (χ4n) is 2.46. The fourth-order valence-corrected chi connectivity index (χ4v) is 2.46. The maximum absolute atomic E-state index is 6.12. The molecule has 0 bridgehead atoms. The van der Waals surface area contributed by atoms with Crippen molar-refractivity contribution in [1.29, 1.82) is 0 Å². The zero-order valence-electron chi connectivity index (χ0n) is 12.0. The highest BCUT2D eigenvalue weighted by molar-refractivity contribution is 4.82. The van der Waals surface area contributed by atoms with Crippen molar-refractivity contribution in [1.82, 2.24) is 0 Å². The number of unbranched alkanes of at least 4 members (excludes halogenated alkanes) is 5. The normalized spacial score (nSPS) is 17.1. The van der Waals surface area contributed by atoms with Crippen molar-refractivity contribution in [3.8, 4) is 0 Å². The van der Waals surface area contributed by atoms with Gasteiger partial charge in [0.2, 0.25) is 0 Å². The summed E-state index contributed by atoms with van der Waals surface area (Å²) < 4.78 is 0. The molecule has 16 heavy (non-hydrogen) atoms. The van der Waals surface area contributed by atoms with E-state index in [4.69, 9.17) is 5.73 Å². The van der Waals surface area contributed by atoms with Gasteiger partial charge in [-0.05, 0) is 25.2 Å². The van der Waals surface area contributed by atoms with Crippen LogP contribution in [-0.4, -0.2) is 6.04 Å². The van der Waals surface area contributed by atoms with E-state index in [-0.39, 0.29) is 0 Å². The third-order valence-corrected chi connectivity index (χ3v) is 4.02. The number of hydrogen-bond acceptors (Lipinski definition) is 1. The summed E-state index contributed by atoms with van der Waals surface area (Å²) in [4.78, 5) is 0. The lowest BCUT2D eigenvalue weighted by Gasteiger charge is -2.33. The van der Waals surface area contributed by atoms with Crippen LogP contribution in [0.1, 0.15) is 85.5 Å². The van der Waals surface area contributed by atoms with Crippen LogP contribution < -0.4 is 5.73 Å². The van der Waals surface area contributed by atoms with Gasteiger partial charge in [0.1, 0.15) is 0 Å². The van der Waals surface area contributed by atoms with Crippen molar-refractivity contribution in [2.24, 2.45) is 11.1 Å². The molecule has 0 aromatic heterocycles. The Morgan fingerprint density at radius 1 is 0.875 bits per heavy atom. The molecule has 98 valence electrons. The average Bonchev–Trinajstić information content (AvgIpc) is 2.23. The van der Waals surface area contributed by atoms with Crippen molar-refractivity contribution in [3.63, 3.8) is 0 Å². The summed E-state index contributed by atoms with van der Waals surface area (Å²) in [7, 11) is 0. The Labute approximate surface area is 103 Å². The zero-order valence-corrected chi connectivity index (χ0v) is 12.0. The van der Waals surface area contributed by atoms with Crippen LogP contribution in [0.25, 0.3) is 0 Å². The highest BCUT2D eigenvalue weighted by Gasteiger charge is 2.26. The van der Waals surface area contributed by atoms with Crippen molar-refractivity contribution in [2.45, 2.75) is 91.5 Å². The molecular weight excluding hydrogens is 194 g/mol. The molecule has 1 heteroatoms. The highest BCUT2D eigenvalue weighted by atomic mass is 14.7. The maximum Gasteiger partial charge on any atom is 0.00643 e. The van der Waals surface area contributed by atoms with E-state index in [1.54, 1.807) is 0 Å².